The number of hydrogen-bond acceptors (Lipinski definition) is 6. The van der Waals surface area contributed by atoms with Crippen molar-refractivity contribution in [3.05, 3.63) is 51.6 Å². The highest BCUT2D eigenvalue weighted by atomic mass is 35.5. The van der Waals surface area contributed by atoms with Crippen molar-refractivity contribution in [2.24, 2.45) is 0 Å². The van der Waals surface area contributed by atoms with E-state index in [9.17, 15) is 22.7 Å². The first kappa shape index (κ1) is 29.7. The second kappa shape index (κ2) is 13.1. The van der Waals surface area contributed by atoms with E-state index in [1.165, 1.54) is 25.2 Å². The van der Waals surface area contributed by atoms with Gasteiger partial charge in [-0.3, -0.25) is 4.79 Å². The first-order valence-corrected chi connectivity index (χ1v) is 14.1. The molecular formula is C24H34ClFN2O5S2. The van der Waals surface area contributed by atoms with Crippen LogP contribution < -0.4 is 5.32 Å². The number of aliphatic hydroxyl groups excluding tert-OH is 1. The third-order valence-corrected chi connectivity index (χ3v) is 9.41. The van der Waals surface area contributed by atoms with Gasteiger partial charge in [0.25, 0.3) is 10.0 Å². The van der Waals surface area contributed by atoms with Crippen LogP contribution in [-0.4, -0.2) is 60.7 Å². The van der Waals surface area contributed by atoms with Crippen LogP contribution in [0, 0.1) is 5.82 Å². The maximum atomic E-state index is 13.0. The molecule has 1 unspecified atom stereocenters. The van der Waals surface area contributed by atoms with E-state index in [4.69, 9.17) is 16.7 Å². The van der Waals surface area contributed by atoms with Gasteiger partial charge in [-0.05, 0) is 75.3 Å². The lowest BCUT2D eigenvalue weighted by Gasteiger charge is -2.29. The summed E-state index contributed by atoms with van der Waals surface area (Å²) >= 11 is 7.11. The number of benzene rings is 1. The molecular weight excluding hydrogens is 515 g/mol. The highest BCUT2D eigenvalue weighted by Crippen LogP contribution is 2.33. The van der Waals surface area contributed by atoms with E-state index in [-0.39, 0.29) is 35.1 Å². The zero-order valence-corrected chi connectivity index (χ0v) is 22.6. The average molecular weight is 549 g/mol. The van der Waals surface area contributed by atoms with Crippen molar-refractivity contribution in [3.63, 3.8) is 0 Å². The maximum Gasteiger partial charge on any atom is 0.303 e. The molecule has 0 aliphatic carbocycles. The lowest BCUT2D eigenvalue weighted by molar-refractivity contribution is -0.137. The summed E-state index contributed by atoms with van der Waals surface area (Å²) in [5.74, 6) is -1.17. The Kier molecular flexibility index (Phi) is 11.1. The van der Waals surface area contributed by atoms with Crippen molar-refractivity contribution in [2.45, 2.75) is 68.2 Å². The Hall–Kier alpha value is -1.56. The van der Waals surface area contributed by atoms with Gasteiger partial charge < -0.3 is 15.5 Å². The molecule has 7 nitrogen and oxygen atoms in total. The summed E-state index contributed by atoms with van der Waals surface area (Å²) in [6.07, 6.45) is 2.33. The molecule has 196 valence electrons. The molecule has 0 saturated heterocycles. The largest absolute Gasteiger partial charge is 0.481 e. The number of nitrogens with zero attached hydrogens (tertiary/aromatic N) is 1. The normalized spacial score (nSPS) is 13.3. The van der Waals surface area contributed by atoms with E-state index in [2.05, 4.69) is 5.32 Å². The SMILES string of the molecule is CN(CC(O)CNC(C)(C)CCCc1ccc(F)cc1)S(=O)(=O)c1cc(CCCC(=O)O)c(Cl)s1. The van der Waals surface area contributed by atoms with E-state index in [1.807, 2.05) is 13.8 Å². The molecule has 1 aromatic carbocycles. The molecule has 3 N–H and O–H groups in total. The first-order valence-electron chi connectivity index (χ1n) is 11.4. The third-order valence-electron chi connectivity index (χ3n) is 5.70. The topological polar surface area (TPSA) is 107 Å². The predicted molar refractivity (Wildman–Crippen MR) is 137 cm³/mol. The summed E-state index contributed by atoms with van der Waals surface area (Å²) in [5.41, 5.74) is 1.40. The number of aryl methyl sites for hydroxylation is 2. The number of carbonyl (C=O) groups is 1. The molecule has 0 radical (unpaired) electrons. The number of sulfonamides is 1. The Balaban J connectivity index is 1.83. The van der Waals surface area contributed by atoms with Crippen molar-refractivity contribution in [2.75, 3.05) is 20.1 Å². The van der Waals surface area contributed by atoms with E-state index in [1.54, 1.807) is 12.1 Å². The smallest absolute Gasteiger partial charge is 0.303 e. The van der Waals surface area contributed by atoms with Crippen LogP contribution >= 0.6 is 22.9 Å². The molecule has 1 heterocycles. The molecule has 0 aliphatic rings. The standard InChI is InChI=1S/C24H34ClFN2O5S2/c1-24(2,13-5-6-17-9-11-19(26)12-10-17)27-15-20(29)16-28(3)35(32,33)22-14-18(23(25)34-22)7-4-8-21(30)31/h9-12,14,20,27,29H,4-8,13,15-16H2,1-3H3,(H,30,31). The minimum Gasteiger partial charge on any atom is -0.481 e. The summed E-state index contributed by atoms with van der Waals surface area (Å²) in [6, 6.07) is 7.93. The van der Waals surface area contributed by atoms with Crippen LogP contribution in [0.1, 0.15) is 50.7 Å². The minimum absolute atomic E-state index is 0.0179. The maximum absolute atomic E-state index is 13.0. The summed E-state index contributed by atoms with van der Waals surface area (Å²) < 4.78 is 40.4. The van der Waals surface area contributed by atoms with Gasteiger partial charge in [-0.15, -0.1) is 11.3 Å². The van der Waals surface area contributed by atoms with Crippen LogP contribution in [0.2, 0.25) is 4.34 Å². The highest BCUT2D eigenvalue weighted by molar-refractivity contribution is 7.91. The van der Waals surface area contributed by atoms with E-state index >= 15 is 0 Å². The minimum atomic E-state index is -3.84. The Morgan fingerprint density at radius 2 is 1.89 bits per heavy atom. The molecule has 0 bridgehead atoms. The van der Waals surface area contributed by atoms with Crippen molar-refractivity contribution in [1.82, 2.24) is 9.62 Å². The van der Waals surface area contributed by atoms with E-state index in [0.29, 0.717) is 22.7 Å². The van der Waals surface area contributed by atoms with Gasteiger partial charge in [0.05, 0.1) is 10.4 Å². The van der Waals surface area contributed by atoms with Gasteiger partial charge >= 0.3 is 5.97 Å². The second-order valence-electron chi connectivity index (χ2n) is 9.30. The van der Waals surface area contributed by atoms with E-state index in [0.717, 1.165) is 40.5 Å². The van der Waals surface area contributed by atoms with Crippen LogP contribution in [-0.2, 0) is 27.7 Å². The van der Waals surface area contributed by atoms with E-state index < -0.39 is 22.1 Å². The molecule has 0 amide bonds. The summed E-state index contributed by atoms with van der Waals surface area (Å²) in [6.45, 7) is 4.16. The number of halogens is 2. The van der Waals surface area contributed by atoms with Crippen LogP contribution in [0.4, 0.5) is 4.39 Å². The van der Waals surface area contributed by atoms with Crippen molar-refractivity contribution >= 4 is 38.9 Å². The first-order chi connectivity index (χ1) is 16.3. The van der Waals surface area contributed by atoms with Gasteiger partial charge in [-0.25, -0.2) is 12.8 Å². The van der Waals surface area contributed by atoms with Crippen LogP contribution in [0.15, 0.2) is 34.5 Å². The zero-order chi connectivity index (χ0) is 26.2. The fraction of sp³-hybridized carbons (Fsp3) is 0.542. The Morgan fingerprint density at radius 3 is 2.51 bits per heavy atom. The van der Waals surface area contributed by atoms with Crippen molar-refractivity contribution < 1.29 is 27.8 Å². The Morgan fingerprint density at radius 1 is 1.23 bits per heavy atom. The number of thiophene rings is 1. The number of nitrogens with one attached hydrogen (secondary N) is 1. The summed E-state index contributed by atoms with van der Waals surface area (Å²) in [7, 11) is -2.44. The molecule has 0 saturated carbocycles. The van der Waals surface area contributed by atoms with Gasteiger partial charge in [0, 0.05) is 32.1 Å². The Labute approximate surface area is 216 Å². The van der Waals surface area contributed by atoms with Crippen molar-refractivity contribution in [1.29, 1.82) is 0 Å². The fourth-order valence-corrected chi connectivity index (χ4v) is 6.82. The predicted octanol–water partition coefficient (Wildman–Crippen LogP) is 4.32. The highest BCUT2D eigenvalue weighted by Gasteiger charge is 2.27. The number of carboxylic acid groups (broad SMARTS) is 1. The lowest BCUT2D eigenvalue weighted by atomic mass is 9.95. The fourth-order valence-electron chi connectivity index (χ4n) is 3.59. The van der Waals surface area contributed by atoms with Gasteiger partial charge in [-0.1, -0.05) is 23.7 Å². The monoisotopic (exact) mass is 548 g/mol. The number of carboxylic acids is 1. The van der Waals surface area contributed by atoms with Gasteiger partial charge in [-0.2, -0.15) is 4.31 Å². The molecule has 2 aromatic rings. The summed E-state index contributed by atoms with van der Waals surface area (Å²) in [4.78, 5) is 10.7. The average Bonchev–Trinajstić information content (AvgIpc) is 3.15. The molecule has 11 heteroatoms. The van der Waals surface area contributed by atoms with Crippen LogP contribution in [0.3, 0.4) is 0 Å². The third kappa shape index (κ3) is 9.78. The number of aliphatic carboxylic acids is 1. The molecule has 0 aliphatic heterocycles. The Bertz CT molecular complexity index is 1070. The molecule has 0 fully saturated rings. The van der Waals surface area contributed by atoms with Gasteiger partial charge in [0.2, 0.25) is 0 Å². The van der Waals surface area contributed by atoms with Crippen LogP contribution in [0.5, 0.6) is 0 Å². The lowest BCUT2D eigenvalue weighted by Crippen LogP contribution is -2.46. The number of rotatable bonds is 15. The number of aliphatic hydroxyl groups is 1. The molecule has 1 atom stereocenters. The van der Waals surface area contributed by atoms with Gasteiger partial charge in [0.15, 0.2) is 0 Å². The summed E-state index contributed by atoms with van der Waals surface area (Å²) in [5, 5.41) is 22.5. The number of hydrogen-bond donors (Lipinski definition) is 3. The molecule has 35 heavy (non-hydrogen) atoms. The number of likely N-dealkylation sites (N-methyl/N-ethyl adjacent to an activating group) is 1. The quantitative estimate of drug-likeness (QED) is 0.306. The van der Waals surface area contributed by atoms with Gasteiger partial charge in [0.1, 0.15) is 10.0 Å². The molecule has 2 rings (SSSR count). The van der Waals surface area contributed by atoms with Crippen LogP contribution in [0.25, 0.3) is 0 Å². The zero-order valence-electron chi connectivity index (χ0n) is 20.3. The molecule has 1 aromatic heterocycles. The number of β-amino-alcohol motifs (C(OH)–C–C–N with tert-alkyl or cyclic N) is 1. The second-order valence-corrected chi connectivity index (χ2v) is 13.2. The molecule has 0 spiro atoms. The van der Waals surface area contributed by atoms with Crippen molar-refractivity contribution in [3.8, 4) is 0 Å².